The summed E-state index contributed by atoms with van der Waals surface area (Å²) in [5.41, 5.74) is 0. The molecule has 0 amide bonds. The lowest BCUT2D eigenvalue weighted by atomic mass is 10.1. The van der Waals surface area contributed by atoms with Gasteiger partial charge in [-0.05, 0) is 18.9 Å². The molecule has 70 valence electrons. The van der Waals surface area contributed by atoms with Crippen molar-refractivity contribution in [1.29, 1.82) is 0 Å². The van der Waals surface area contributed by atoms with E-state index in [2.05, 4.69) is 20.4 Å². The zero-order chi connectivity index (χ0) is 8.97. The van der Waals surface area contributed by atoms with Crippen LogP contribution in [0.5, 0.6) is 0 Å². The van der Waals surface area contributed by atoms with E-state index in [0.29, 0.717) is 12.2 Å². The summed E-state index contributed by atoms with van der Waals surface area (Å²) in [5.74, 6) is 0. The molecule has 1 fully saturated rings. The van der Waals surface area contributed by atoms with Gasteiger partial charge in [0.25, 0.3) is 0 Å². The summed E-state index contributed by atoms with van der Waals surface area (Å²) in [6.45, 7) is 7.96. The highest BCUT2D eigenvalue weighted by Gasteiger charge is 2.25. The molecule has 12 heavy (non-hydrogen) atoms. The molecule has 1 saturated heterocycles. The van der Waals surface area contributed by atoms with Crippen molar-refractivity contribution in [1.82, 2.24) is 0 Å². The second kappa shape index (κ2) is 4.63. The molecular weight excluding hydrogens is 152 g/mol. The fraction of sp³-hybridized carbons (Fsp3) is 0.800. The summed E-state index contributed by atoms with van der Waals surface area (Å²) in [4.78, 5) is 0. The van der Waals surface area contributed by atoms with Gasteiger partial charge >= 0.3 is 0 Å². The summed E-state index contributed by atoms with van der Waals surface area (Å²) in [7, 11) is 0. The largest absolute Gasteiger partial charge is 0.346 e. The highest BCUT2D eigenvalue weighted by atomic mass is 16.7. The molecule has 0 bridgehead atoms. The minimum atomic E-state index is -0.186. The van der Waals surface area contributed by atoms with E-state index >= 15 is 0 Å². The molecule has 0 aliphatic carbocycles. The van der Waals surface area contributed by atoms with Gasteiger partial charge in [0, 0.05) is 6.42 Å². The minimum Gasteiger partial charge on any atom is -0.346 e. The molecule has 1 rings (SSSR count). The van der Waals surface area contributed by atoms with Crippen LogP contribution in [0.15, 0.2) is 12.7 Å². The van der Waals surface area contributed by atoms with E-state index in [4.69, 9.17) is 9.47 Å². The Morgan fingerprint density at radius 1 is 1.25 bits per heavy atom. The molecule has 1 aliphatic heterocycles. The molecule has 2 atom stereocenters. The SMILES string of the molecule is C=CC1OC(CC)CC(CC)O1. The normalized spacial score (nSPS) is 36.3. The first-order valence-electron chi connectivity index (χ1n) is 4.73. The molecule has 0 N–H and O–H groups in total. The van der Waals surface area contributed by atoms with Gasteiger partial charge in [-0.15, -0.1) is 0 Å². The van der Waals surface area contributed by atoms with Gasteiger partial charge in [0.1, 0.15) is 0 Å². The molecule has 2 heteroatoms. The van der Waals surface area contributed by atoms with Crippen molar-refractivity contribution < 1.29 is 9.47 Å². The third-order valence-corrected chi connectivity index (χ3v) is 2.28. The monoisotopic (exact) mass is 170 g/mol. The van der Waals surface area contributed by atoms with Crippen LogP contribution in [0.3, 0.4) is 0 Å². The molecule has 1 heterocycles. The molecule has 1 aliphatic rings. The number of hydrogen-bond acceptors (Lipinski definition) is 2. The summed E-state index contributed by atoms with van der Waals surface area (Å²) in [5, 5.41) is 0. The lowest BCUT2D eigenvalue weighted by Crippen LogP contribution is -2.36. The maximum Gasteiger partial charge on any atom is 0.177 e. The van der Waals surface area contributed by atoms with Crippen molar-refractivity contribution >= 4 is 0 Å². The molecular formula is C10H18O2. The summed E-state index contributed by atoms with van der Waals surface area (Å²) < 4.78 is 11.2. The first-order valence-corrected chi connectivity index (χ1v) is 4.73. The third-order valence-electron chi connectivity index (χ3n) is 2.28. The van der Waals surface area contributed by atoms with Crippen molar-refractivity contribution in [2.24, 2.45) is 0 Å². The van der Waals surface area contributed by atoms with Crippen LogP contribution in [0.4, 0.5) is 0 Å². The van der Waals surface area contributed by atoms with Gasteiger partial charge in [-0.3, -0.25) is 0 Å². The molecule has 0 aromatic rings. The van der Waals surface area contributed by atoms with Gasteiger partial charge in [0.05, 0.1) is 12.2 Å². The Morgan fingerprint density at radius 3 is 2.08 bits per heavy atom. The second-order valence-corrected chi connectivity index (χ2v) is 3.17. The van der Waals surface area contributed by atoms with E-state index in [1.807, 2.05) is 0 Å². The highest BCUT2D eigenvalue weighted by molar-refractivity contribution is 4.80. The smallest absolute Gasteiger partial charge is 0.177 e. The lowest BCUT2D eigenvalue weighted by Gasteiger charge is -2.33. The zero-order valence-electron chi connectivity index (χ0n) is 7.95. The maximum absolute atomic E-state index is 5.58. The van der Waals surface area contributed by atoms with Crippen LogP contribution in [0.25, 0.3) is 0 Å². The van der Waals surface area contributed by atoms with E-state index < -0.39 is 0 Å². The van der Waals surface area contributed by atoms with E-state index in [0.717, 1.165) is 19.3 Å². The lowest BCUT2D eigenvalue weighted by molar-refractivity contribution is -0.219. The highest BCUT2D eigenvalue weighted by Crippen LogP contribution is 2.22. The standard InChI is InChI=1S/C10H18O2/c1-4-8-7-9(5-2)12-10(6-3)11-8/h6,8-10H,3-5,7H2,1-2H3. The summed E-state index contributed by atoms with van der Waals surface area (Å²) in [6.07, 6.45) is 5.39. The van der Waals surface area contributed by atoms with Crippen LogP contribution in [-0.4, -0.2) is 18.5 Å². The Balaban J connectivity index is 2.46. The number of rotatable bonds is 3. The van der Waals surface area contributed by atoms with Crippen LogP contribution in [-0.2, 0) is 9.47 Å². The van der Waals surface area contributed by atoms with Crippen molar-refractivity contribution in [2.75, 3.05) is 0 Å². The van der Waals surface area contributed by atoms with Crippen molar-refractivity contribution in [3.63, 3.8) is 0 Å². The van der Waals surface area contributed by atoms with Crippen LogP contribution in [0, 0.1) is 0 Å². The first kappa shape index (κ1) is 9.75. The van der Waals surface area contributed by atoms with Gasteiger partial charge in [0.2, 0.25) is 0 Å². The predicted molar refractivity (Wildman–Crippen MR) is 48.9 cm³/mol. The minimum absolute atomic E-state index is 0.186. The van der Waals surface area contributed by atoms with Crippen LogP contribution in [0.2, 0.25) is 0 Å². The van der Waals surface area contributed by atoms with Gasteiger partial charge in [-0.25, -0.2) is 0 Å². The van der Waals surface area contributed by atoms with Crippen molar-refractivity contribution in [3.05, 3.63) is 12.7 Å². The van der Waals surface area contributed by atoms with E-state index in [-0.39, 0.29) is 6.29 Å². The fourth-order valence-corrected chi connectivity index (χ4v) is 1.45. The van der Waals surface area contributed by atoms with E-state index in [9.17, 15) is 0 Å². The molecule has 0 saturated carbocycles. The Bertz CT molecular complexity index is 133. The van der Waals surface area contributed by atoms with Crippen molar-refractivity contribution in [3.8, 4) is 0 Å². The Morgan fingerprint density at radius 2 is 1.75 bits per heavy atom. The Kier molecular flexibility index (Phi) is 3.76. The Hall–Kier alpha value is -0.340. The molecule has 2 nitrogen and oxygen atoms in total. The summed E-state index contributed by atoms with van der Waals surface area (Å²) >= 11 is 0. The molecule has 0 spiro atoms. The molecule has 2 unspecified atom stereocenters. The topological polar surface area (TPSA) is 18.5 Å². The van der Waals surface area contributed by atoms with Gasteiger partial charge in [0.15, 0.2) is 6.29 Å². The third kappa shape index (κ3) is 2.32. The molecule has 0 aromatic carbocycles. The van der Waals surface area contributed by atoms with Gasteiger partial charge in [-0.1, -0.05) is 20.4 Å². The van der Waals surface area contributed by atoms with Crippen LogP contribution < -0.4 is 0 Å². The Labute approximate surface area is 74.6 Å². The zero-order valence-corrected chi connectivity index (χ0v) is 7.95. The average Bonchev–Trinajstić information content (AvgIpc) is 2.16. The average molecular weight is 170 g/mol. The van der Waals surface area contributed by atoms with Crippen LogP contribution in [0.1, 0.15) is 33.1 Å². The van der Waals surface area contributed by atoms with Gasteiger partial charge in [-0.2, -0.15) is 0 Å². The molecule has 0 aromatic heterocycles. The quantitative estimate of drug-likeness (QED) is 0.606. The van der Waals surface area contributed by atoms with Crippen LogP contribution >= 0.6 is 0 Å². The second-order valence-electron chi connectivity index (χ2n) is 3.17. The summed E-state index contributed by atoms with van der Waals surface area (Å²) in [6, 6.07) is 0. The van der Waals surface area contributed by atoms with E-state index in [1.165, 1.54) is 0 Å². The maximum atomic E-state index is 5.58. The van der Waals surface area contributed by atoms with Gasteiger partial charge < -0.3 is 9.47 Å². The number of hydrogen-bond donors (Lipinski definition) is 0. The van der Waals surface area contributed by atoms with E-state index in [1.54, 1.807) is 6.08 Å². The first-order chi connectivity index (χ1) is 5.80. The van der Waals surface area contributed by atoms with Crippen molar-refractivity contribution in [2.45, 2.75) is 51.6 Å². The fourth-order valence-electron chi connectivity index (χ4n) is 1.45. The predicted octanol–water partition coefficient (Wildman–Crippen LogP) is 2.49. The number of ether oxygens (including phenoxy) is 2. The molecule has 0 radical (unpaired) electrons.